The van der Waals surface area contributed by atoms with Crippen molar-refractivity contribution in [3.05, 3.63) is 35.0 Å². The number of aryl methyl sites for hydroxylation is 1. The number of nitrogens with zero attached hydrogens (tertiary/aromatic N) is 4. The topological polar surface area (TPSA) is 85.8 Å². The predicted molar refractivity (Wildman–Crippen MR) is 51.1 cm³/mol. The standard InChI is InChI=1S/C8H9N5O2/c1-13-3-2-9-7(8(13)14)10-4-6-11-5-15-12-6/h2-3,5H,4H2,1H3,(H,9,10). The van der Waals surface area contributed by atoms with E-state index in [0.29, 0.717) is 12.4 Å². The second-order valence-electron chi connectivity index (χ2n) is 2.89. The van der Waals surface area contributed by atoms with Crippen LogP contribution in [0.15, 0.2) is 28.1 Å². The number of anilines is 1. The van der Waals surface area contributed by atoms with Gasteiger partial charge in [-0.1, -0.05) is 5.16 Å². The molecule has 0 saturated carbocycles. The number of hydrogen-bond donors (Lipinski definition) is 1. The van der Waals surface area contributed by atoms with Gasteiger partial charge in [0.2, 0.25) is 6.39 Å². The van der Waals surface area contributed by atoms with E-state index in [4.69, 9.17) is 0 Å². The lowest BCUT2D eigenvalue weighted by Gasteiger charge is -2.02. The highest BCUT2D eigenvalue weighted by Gasteiger charge is 2.03. The Labute approximate surface area is 84.8 Å². The van der Waals surface area contributed by atoms with Gasteiger partial charge in [-0.3, -0.25) is 4.79 Å². The Kier molecular flexibility index (Phi) is 2.44. The van der Waals surface area contributed by atoms with Gasteiger partial charge >= 0.3 is 0 Å². The third kappa shape index (κ3) is 2.01. The van der Waals surface area contributed by atoms with E-state index >= 15 is 0 Å². The first-order valence-electron chi connectivity index (χ1n) is 4.28. The molecule has 2 rings (SSSR count). The Balaban J connectivity index is 2.12. The lowest BCUT2D eigenvalue weighted by Crippen LogP contribution is -2.21. The summed E-state index contributed by atoms with van der Waals surface area (Å²) in [5.41, 5.74) is -0.194. The second-order valence-corrected chi connectivity index (χ2v) is 2.89. The lowest BCUT2D eigenvalue weighted by molar-refractivity contribution is 0.411. The van der Waals surface area contributed by atoms with E-state index in [0.717, 1.165) is 0 Å². The van der Waals surface area contributed by atoms with Gasteiger partial charge in [0.15, 0.2) is 11.6 Å². The quantitative estimate of drug-likeness (QED) is 0.748. The number of hydrogen-bond acceptors (Lipinski definition) is 6. The van der Waals surface area contributed by atoms with Crippen LogP contribution in [0.3, 0.4) is 0 Å². The van der Waals surface area contributed by atoms with Crippen molar-refractivity contribution in [2.24, 2.45) is 7.05 Å². The Morgan fingerprint density at radius 2 is 2.40 bits per heavy atom. The van der Waals surface area contributed by atoms with E-state index in [1.165, 1.54) is 11.0 Å². The fourth-order valence-electron chi connectivity index (χ4n) is 1.05. The van der Waals surface area contributed by atoms with Gasteiger partial charge in [-0.25, -0.2) is 4.98 Å². The van der Waals surface area contributed by atoms with Crippen molar-refractivity contribution >= 4 is 5.82 Å². The molecule has 78 valence electrons. The van der Waals surface area contributed by atoms with E-state index in [1.54, 1.807) is 19.4 Å². The number of aromatic nitrogens is 4. The zero-order chi connectivity index (χ0) is 10.7. The van der Waals surface area contributed by atoms with Gasteiger partial charge in [0.05, 0.1) is 6.54 Å². The van der Waals surface area contributed by atoms with Crippen molar-refractivity contribution in [1.29, 1.82) is 0 Å². The normalized spacial score (nSPS) is 10.2. The monoisotopic (exact) mass is 207 g/mol. The van der Waals surface area contributed by atoms with Crippen LogP contribution >= 0.6 is 0 Å². The Bertz CT molecular complexity index is 490. The number of rotatable bonds is 3. The Hall–Kier alpha value is -2.18. The average Bonchev–Trinajstić information content (AvgIpc) is 2.73. The van der Waals surface area contributed by atoms with Gasteiger partial charge in [0.25, 0.3) is 5.56 Å². The molecule has 0 amide bonds. The molecule has 0 unspecified atom stereocenters. The van der Waals surface area contributed by atoms with Crippen LogP contribution in [0.1, 0.15) is 5.82 Å². The molecule has 1 N–H and O–H groups in total. The molecule has 0 bridgehead atoms. The third-order valence-electron chi connectivity index (χ3n) is 1.84. The summed E-state index contributed by atoms with van der Waals surface area (Å²) in [6, 6.07) is 0. The number of nitrogens with one attached hydrogen (secondary N) is 1. The van der Waals surface area contributed by atoms with Crippen molar-refractivity contribution in [3.63, 3.8) is 0 Å². The molecule has 0 atom stereocenters. The zero-order valence-corrected chi connectivity index (χ0v) is 8.04. The molecular formula is C8H9N5O2. The Morgan fingerprint density at radius 3 is 3.13 bits per heavy atom. The summed E-state index contributed by atoms with van der Waals surface area (Å²) in [7, 11) is 1.66. The van der Waals surface area contributed by atoms with E-state index in [2.05, 4.69) is 25.0 Å². The summed E-state index contributed by atoms with van der Waals surface area (Å²) < 4.78 is 5.99. The summed E-state index contributed by atoms with van der Waals surface area (Å²) >= 11 is 0. The molecule has 0 aliphatic heterocycles. The third-order valence-corrected chi connectivity index (χ3v) is 1.84. The van der Waals surface area contributed by atoms with E-state index in [9.17, 15) is 4.79 Å². The van der Waals surface area contributed by atoms with E-state index in [-0.39, 0.29) is 11.4 Å². The molecule has 0 radical (unpaired) electrons. The second kappa shape index (κ2) is 3.91. The summed E-state index contributed by atoms with van der Waals surface area (Å²) in [5.74, 6) is 0.743. The largest absolute Gasteiger partial charge is 0.358 e. The van der Waals surface area contributed by atoms with Crippen LogP contribution < -0.4 is 10.9 Å². The highest BCUT2D eigenvalue weighted by molar-refractivity contribution is 5.30. The highest BCUT2D eigenvalue weighted by atomic mass is 16.5. The first-order valence-corrected chi connectivity index (χ1v) is 4.28. The van der Waals surface area contributed by atoms with Gasteiger partial charge in [0, 0.05) is 19.4 Å². The summed E-state index contributed by atoms with van der Waals surface area (Å²) in [4.78, 5) is 19.2. The zero-order valence-electron chi connectivity index (χ0n) is 8.04. The van der Waals surface area contributed by atoms with Gasteiger partial charge in [-0.2, -0.15) is 4.98 Å². The van der Waals surface area contributed by atoms with E-state index in [1.807, 2.05) is 0 Å². The van der Waals surface area contributed by atoms with Crippen LogP contribution in [0.4, 0.5) is 5.82 Å². The van der Waals surface area contributed by atoms with Crippen molar-refractivity contribution in [2.75, 3.05) is 5.32 Å². The molecule has 2 aromatic heterocycles. The molecule has 2 aromatic rings. The molecular weight excluding hydrogens is 198 g/mol. The highest BCUT2D eigenvalue weighted by Crippen LogP contribution is 1.95. The van der Waals surface area contributed by atoms with Gasteiger partial charge in [-0.05, 0) is 0 Å². The first-order chi connectivity index (χ1) is 7.27. The fourth-order valence-corrected chi connectivity index (χ4v) is 1.05. The van der Waals surface area contributed by atoms with Crippen LogP contribution in [0.25, 0.3) is 0 Å². The summed E-state index contributed by atoms with van der Waals surface area (Å²) in [6.07, 6.45) is 4.36. The summed E-state index contributed by atoms with van der Waals surface area (Å²) in [5, 5.41) is 6.42. The fraction of sp³-hybridized carbons (Fsp3) is 0.250. The predicted octanol–water partition coefficient (Wildman–Crippen LogP) is -0.225. The van der Waals surface area contributed by atoms with E-state index < -0.39 is 0 Å². The molecule has 0 fully saturated rings. The molecule has 0 aliphatic carbocycles. The van der Waals surface area contributed by atoms with Crippen LogP contribution in [0.2, 0.25) is 0 Å². The minimum absolute atomic E-state index is 0.194. The SMILES string of the molecule is Cn1ccnc(NCc2ncon2)c1=O. The average molecular weight is 207 g/mol. The summed E-state index contributed by atoms with van der Waals surface area (Å²) in [6.45, 7) is 0.308. The van der Waals surface area contributed by atoms with Gasteiger partial charge in [-0.15, -0.1) is 0 Å². The van der Waals surface area contributed by atoms with Crippen molar-refractivity contribution in [3.8, 4) is 0 Å². The minimum Gasteiger partial charge on any atom is -0.358 e. The van der Waals surface area contributed by atoms with Crippen molar-refractivity contribution in [2.45, 2.75) is 6.54 Å². The van der Waals surface area contributed by atoms with Gasteiger partial charge in [0.1, 0.15) is 0 Å². The van der Waals surface area contributed by atoms with Crippen LogP contribution in [0, 0.1) is 0 Å². The van der Waals surface area contributed by atoms with Crippen LogP contribution in [0.5, 0.6) is 0 Å². The maximum absolute atomic E-state index is 11.5. The molecule has 2 heterocycles. The molecule has 0 aromatic carbocycles. The Morgan fingerprint density at radius 1 is 1.53 bits per heavy atom. The lowest BCUT2D eigenvalue weighted by atomic mass is 10.5. The molecule has 15 heavy (non-hydrogen) atoms. The molecule has 7 heteroatoms. The maximum Gasteiger partial charge on any atom is 0.293 e. The molecule has 0 saturated heterocycles. The molecule has 0 spiro atoms. The van der Waals surface area contributed by atoms with Crippen molar-refractivity contribution < 1.29 is 4.52 Å². The maximum atomic E-state index is 11.5. The first kappa shape index (κ1) is 9.38. The molecule has 7 nitrogen and oxygen atoms in total. The smallest absolute Gasteiger partial charge is 0.293 e. The minimum atomic E-state index is -0.194. The van der Waals surface area contributed by atoms with Crippen LogP contribution in [-0.4, -0.2) is 19.7 Å². The van der Waals surface area contributed by atoms with Crippen LogP contribution in [-0.2, 0) is 13.6 Å². The van der Waals surface area contributed by atoms with Crippen molar-refractivity contribution in [1.82, 2.24) is 19.7 Å². The molecule has 0 aliphatic rings. The van der Waals surface area contributed by atoms with Gasteiger partial charge < -0.3 is 14.4 Å².